The van der Waals surface area contributed by atoms with Crippen molar-refractivity contribution in [3.63, 3.8) is 0 Å². The Bertz CT molecular complexity index is 7170. The molecule has 0 saturated heterocycles. The van der Waals surface area contributed by atoms with E-state index >= 15 is 0 Å². The Morgan fingerprint density at radius 1 is 0.197 bits per heavy atom. The van der Waals surface area contributed by atoms with Crippen molar-refractivity contribution in [3.05, 3.63) is 492 Å². The molecule has 22 aromatic rings. The van der Waals surface area contributed by atoms with E-state index in [9.17, 15) is 0 Å². The summed E-state index contributed by atoms with van der Waals surface area (Å²) < 4.78 is 5.08. The molecule has 2 aliphatic rings. The average molecular weight is 1650 g/mol. The molecule has 0 bridgehead atoms. The lowest BCUT2D eigenvalue weighted by atomic mass is 9.33. The maximum atomic E-state index is 5.27. The average Bonchev–Trinajstić information content (AvgIpc) is 0.753. The van der Waals surface area contributed by atoms with E-state index in [0.717, 1.165) is 134 Å². The highest BCUT2D eigenvalue weighted by Gasteiger charge is 2.48. The first-order valence-corrected chi connectivity index (χ1v) is 47.8. The third-order valence-corrected chi connectivity index (χ3v) is 36.3. The van der Waals surface area contributed by atoms with Crippen molar-refractivity contribution < 1.29 is 0 Å². The van der Waals surface area contributed by atoms with Crippen molar-refractivity contribution in [3.8, 4) is 67.0 Å². The highest BCUT2D eigenvalue weighted by Crippen LogP contribution is 2.54. The molecule has 594 valence electrons. The van der Waals surface area contributed by atoms with Crippen molar-refractivity contribution in [2.75, 3.05) is 9.80 Å². The van der Waals surface area contributed by atoms with Crippen molar-refractivity contribution >= 4 is 158 Å². The first-order valence-electron chi connectivity index (χ1n) is 43.8. The fourth-order valence-electron chi connectivity index (χ4n) is 21.3. The Labute approximate surface area is 740 Å². The summed E-state index contributed by atoms with van der Waals surface area (Å²) in [4.78, 5) is 15.8. The van der Waals surface area contributed by atoms with E-state index < -0.39 is 16.1 Å². The molecule has 18 aromatic carbocycles. The van der Waals surface area contributed by atoms with E-state index in [1.54, 1.807) is 0 Å². The minimum atomic E-state index is -2.99. The van der Waals surface area contributed by atoms with Gasteiger partial charge in [-0.05, 0) is 152 Å². The maximum absolute atomic E-state index is 5.27. The molecule has 0 N–H and O–H groups in total. The van der Waals surface area contributed by atoms with Gasteiger partial charge in [-0.3, -0.25) is 9.97 Å². The van der Waals surface area contributed by atoms with Gasteiger partial charge in [-0.15, -0.1) is 0 Å². The second kappa shape index (κ2) is 31.1. The van der Waals surface area contributed by atoms with Gasteiger partial charge in [0, 0.05) is 103 Å². The van der Waals surface area contributed by atoms with E-state index in [2.05, 4.69) is 511 Å². The predicted molar refractivity (Wildman–Crippen MR) is 539 cm³/mol. The largest absolute Gasteiger partial charge is 0.310 e. The number of fused-ring (bicyclic) bond motifs is 10. The zero-order valence-electron chi connectivity index (χ0n) is 69.5. The number of pyridine rings is 2. The lowest BCUT2D eigenvalue weighted by Gasteiger charge is -2.46. The summed E-state index contributed by atoms with van der Waals surface area (Å²) in [5, 5.41) is 15.4. The highest BCUT2D eigenvalue weighted by molar-refractivity contribution is 7.20. The maximum Gasteiger partial charge on any atom is 0.252 e. The van der Waals surface area contributed by atoms with E-state index in [4.69, 9.17) is 9.97 Å². The van der Waals surface area contributed by atoms with Crippen LogP contribution in [-0.4, -0.2) is 42.0 Å². The molecule has 9 heteroatoms. The fourth-order valence-corrected chi connectivity index (χ4v) is 30.9. The van der Waals surface area contributed by atoms with Gasteiger partial charge in [0.25, 0.3) is 6.71 Å². The normalized spacial score (nSPS) is 12.4. The zero-order valence-corrected chi connectivity index (χ0v) is 71.5. The second-order valence-corrected chi connectivity index (χ2v) is 41.0. The number of aromatic nitrogens is 4. The lowest BCUT2D eigenvalue weighted by molar-refractivity contribution is 1.16. The fraction of sp³-hybridized carbons (Fsp3) is 0. The standard InChI is InChI=1S/C118H81BN6Si2/c1-12-38-82(39-13-1)87-72-114-116-115(73-87)125(118-104(85-44-18-4-19-45-85)80-121-81-105(118)86-46-20-5-21-47-86)113-75-89(123-109-63-37-35-61-99(109)101-77-97(67-71-111(101)123)127(93-54-28-9-29-55-93,94-56-30-10-31-57-94)95-58-32-11-33-59-95)65-69-107(113)119(116)106-68-64-88(74-112(106)124(114)117-102(83-40-14-2-15-41-83)78-120-79-103(117)84-42-16-3-17-43-84)122-108-62-36-34-60-98(108)100-76-96(66-70-110(100)122)126(90-48-22-6-23-49-90,91-50-24-7-25-51-91)92-52-26-8-27-53-92/h1-81H. The summed E-state index contributed by atoms with van der Waals surface area (Å²) >= 11 is 0. The van der Waals surface area contributed by atoms with E-state index in [1.807, 2.05) is 0 Å². The van der Waals surface area contributed by atoms with Crippen LogP contribution in [0.4, 0.5) is 34.1 Å². The van der Waals surface area contributed by atoms with Gasteiger partial charge < -0.3 is 18.9 Å². The number of para-hydroxylation sites is 2. The number of benzene rings is 18. The van der Waals surface area contributed by atoms with Crippen molar-refractivity contribution in [2.24, 2.45) is 0 Å². The molecular weight excluding hydrogens is 1570 g/mol. The summed E-state index contributed by atoms with van der Waals surface area (Å²) in [5.41, 5.74) is 26.7. The van der Waals surface area contributed by atoms with E-state index in [0.29, 0.717) is 0 Å². The third kappa shape index (κ3) is 12.1. The van der Waals surface area contributed by atoms with Crippen LogP contribution in [0, 0.1) is 0 Å². The molecule has 0 amide bonds. The molecule has 0 radical (unpaired) electrons. The van der Waals surface area contributed by atoms with Crippen LogP contribution in [0.2, 0.25) is 0 Å². The van der Waals surface area contributed by atoms with Crippen LogP contribution in [0.3, 0.4) is 0 Å². The number of anilines is 6. The van der Waals surface area contributed by atoms with Crippen LogP contribution < -0.4 is 67.7 Å². The summed E-state index contributed by atoms with van der Waals surface area (Å²) in [6, 6.07) is 175. The van der Waals surface area contributed by atoms with Gasteiger partial charge in [-0.1, -0.05) is 406 Å². The van der Waals surface area contributed by atoms with Crippen molar-refractivity contribution in [2.45, 2.75) is 0 Å². The molecule has 0 unspecified atom stereocenters. The second-order valence-electron chi connectivity index (χ2n) is 33.4. The van der Waals surface area contributed by atoms with Gasteiger partial charge >= 0.3 is 0 Å². The Hall–Kier alpha value is -16.0. The first kappa shape index (κ1) is 74.8. The van der Waals surface area contributed by atoms with Crippen LogP contribution in [0.25, 0.3) is 111 Å². The Balaban J connectivity index is 0.811. The van der Waals surface area contributed by atoms with Crippen LogP contribution in [-0.2, 0) is 0 Å². The lowest BCUT2D eigenvalue weighted by Crippen LogP contribution is -2.74. The molecule has 2 aliphatic heterocycles. The number of hydrogen-bond acceptors (Lipinski definition) is 4. The van der Waals surface area contributed by atoms with Crippen molar-refractivity contribution in [1.29, 1.82) is 0 Å². The van der Waals surface area contributed by atoms with Crippen LogP contribution in [0.15, 0.2) is 492 Å². The third-order valence-electron chi connectivity index (χ3n) is 26.7. The molecule has 0 aliphatic carbocycles. The highest BCUT2D eigenvalue weighted by atomic mass is 28.3. The van der Waals surface area contributed by atoms with Gasteiger partial charge in [0.15, 0.2) is 16.1 Å². The Morgan fingerprint density at radius 2 is 0.465 bits per heavy atom. The number of nitrogens with zero attached hydrogens (tertiary/aromatic N) is 6. The van der Waals surface area contributed by atoms with Crippen LogP contribution >= 0.6 is 0 Å². The summed E-state index contributed by atoms with van der Waals surface area (Å²) in [6.07, 6.45) is 8.37. The van der Waals surface area contributed by atoms with Gasteiger partial charge in [-0.25, -0.2) is 0 Å². The molecule has 24 rings (SSSR count). The SMILES string of the molecule is c1ccc(-c2cc3c4c(c2)N(c2c(-c5ccccc5)cncc2-c2ccccc2)c2cc(-n5c6ccccc6c6cc([Si](c7ccccc7)(c7ccccc7)c7ccccc7)ccc65)ccc2B4c2ccc(-n4c5ccccc5c5cc([Si](c6ccccc6)(c6ccccc6)c6ccccc6)ccc54)cc2N3c2c(-c3ccccc3)cncc2-c2ccccc2)cc1. The Morgan fingerprint density at radius 3 is 0.772 bits per heavy atom. The zero-order chi connectivity index (χ0) is 83.9. The molecular formula is C118H81BN6Si2. The molecule has 127 heavy (non-hydrogen) atoms. The molecule has 6 heterocycles. The van der Waals surface area contributed by atoms with Gasteiger partial charge in [0.05, 0.1) is 33.4 Å². The van der Waals surface area contributed by atoms with Crippen molar-refractivity contribution in [1.82, 2.24) is 19.1 Å². The van der Waals surface area contributed by atoms with Gasteiger partial charge in [-0.2, -0.15) is 0 Å². The first-order chi connectivity index (χ1) is 63.1. The van der Waals surface area contributed by atoms with E-state index in [1.165, 1.54) is 68.5 Å². The molecule has 0 fully saturated rings. The van der Waals surface area contributed by atoms with Gasteiger partial charge in [0.2, 0.25) is 0 Å². The minimum absolute atomic E-state index is 0.347. The summed E-state index contributed by atoms with van der Waals surface area (Å²) in [7, 11) is -5.98. The molecule has 6 nitrogen and oxygen atoms in total. The molecule has 4 aromatic heterocycles. The summed E-state index contributed by atoms with van der Waals surface area (Å²) in [6.45, 7) is -0.347. The number of rotatable bonds is 17. The number of hydrogen-bond donors (Lipinski definition) is 0. The monoisotopic (exact) mass is 1650 g/mol. The smallest absolute Gasteiger partial charge is 0.252 e. The molecule has 0 atom stereocenters. The summed E-state index contributed by atoms with van der Waals surface area (Å²) in [5.74, 6) is 0. The molecule has 0 spiro atoms. The quantitative estimate of drug-likeness (QED) is 0.0673. The van der Waals surface area contributed by atoms with E-state index in [-0.39, 0.29) is 6.71 Å². The Kier molecular flexibility index (Phi) is 18.3. The minimum Gasteiger partial charge on any atom is -0.310 e. The van der Waals surface area contributed by atoms with Gasteiger partial charge in [0.1, 0.15) is 0 Å². The predicted octanol–water partition coefficient (Wildman–Crippen LogP) is 21.8. The van der Waals surface area contributed by atoms with Crippen LogP contribution in [0.5, 0.6) is 0 Å². The molecule has 0 saturated carbocycles. The topological polar surface area (TPSA) is 42.1 Å². The van der Waals surface area contributed by atoms with Crippen LogP contribution in [0.1, 0.15) is 0 Å².